The average Bonchev–Trinajstić information content (AvgIpc) is 2.11. The van der Waals surface area contributed by atoms with Crippen molar-refractivity contribution in [3.8, 4) is 0 Å². The topological polar surface area (TPSA) is 49.4 Å². The Labute approximate surface area is 81.4 Å². The van der Waals surface area contributed by atoms with Crippen molar-refractivity contribution in [3.05, 3.63) is 0 Å². The molecule has 0 rings (SSSR count). The Balaban J connectivity index is 3.77. The van der Waals surface area contributed by atoms with Gasteiger partial charge in [-0.05, 0) is 19.5 Å². The molecule has 13 heavy (non-hydrogen) atoms. The van der Waals surface area contributed by atoms with Crippen molar-refractivity contribution < 1.29 is 8.42 Å². The van der Waals surface area contributed by atoms with E-state index in [9.17, 15) is 8.42 Å². The summed E-state index contributed by atoms with van der Waals surface area (Å²) in [5.74, 6) is 0.240. The summed E-state index contributed by atoms with van der Waals surface area (Å²) in [5.41, 5.74) is 0. The highest BCUT2D eigenvalue weighted by Crippen LogP contribution is 1.98. The fraction of sp³-hybridized carbons (Fsp3) is 1.00. The first-order valence-corrected chi connectivity index (χ1v) is 6.30. The normalized spacial score (nSPS) is 12.3. The summed E-state index contributed by atoms with van der Waals surface area (Å²) in [6.45, 7) is 6.05. The molecule has 80 valence electrons. The molecule has 0 aromatic carbocycles. The van der Waals surface area contributed by atoms with Crippen molar-refractivity contribution in [3.63, 3.8) is 0 Å². The highest BCUT2D eigenvalue weighted by atomic mass is 32.2. The molecule has 4 nitrogen and oxygen atoms in total. The smallest absolute Gasteiger partial charge is 0.213 e. The van der Waals surface area contributed by atoms with Crippen molar-refractivity contribution >= 4 is 10.0 Å². The minimum Gasteiger partial charge on any atom is -0.317 e. The zero-order valence-electron chi connectivity index (χ0n) is 8.71. The number of rotatable bonds is 7. The Hall–Kier alpha value is -0.130. The number of nitrogens with one attached hydrogen (secondary N) is 1. The number of hydrogen-bond acceptors (Lipinski definition) is 3. The molecule has 1 N–H and O–H groups in total. The van der Waals surface area contributed by atoms with Crippen LogP contribution in [0.4, 0.5) is 0 Å². The molecule has 0 fully saturated rings. The van der Waals surface area contributed by atoms with Crippen LogP contribution in [0.15, 0.2) is 0 Å². The van der Waals surface area contributed by atoms with Gasteiger partial charge in [0.1, 0.15) is 0 Å². The van der Waals surface area contributed by atoms with Crippen LogP contribution in [0, 0.1) is 0 Å². The van der Waals surface area contributed by atoms with E-state index in [1.807, 2.05) is 13.8 Å². The molecule has 0 heterocycles. The Morgan fingerprint density at radius 2 is 1.92 bits per heavy atom. The highest BCUT2D eigenvalue weighted by molar-refractivity contribution is 7.89. The molecule has 0 aromatic heterocycles. The van der Waals surface area contributed by atoms with Gasteiger partial charge in [0, 0.05) is 13.6 Å². The largest absolute Gasteiger partial charge is 0.317 e. The summed E-state index contributed by atoms with van der Waals surface area (Å²) in [7, 11) is -1.38. The van der Waals surface area contributed by atoms with E-state index >= 15 is 0 Å². The fourth-order valence-corrected chi connectivity index (χ4v) is 2.12. The van der Waals surface area contributed by atoms with Gasteiger partial charge in [0.05, 0.1) is 5.75 Å². The van der Waals surface area contributed by atoms with Crippen molar-refractivity contribution in [2.24, 2.45) is 0 Å². The van der Waals surface area contributed by atoms with Gasteiger partial charge < -0.3 is 5.32 Å². The third-order valence-electron chi connectivity index (χ3n) is 1.93. The number of sulfonamides is 1. The van der Waals surface area contributed by atoms with Crippen LogP contribution in [-0.2, 0) is 10.0 Å². The summed E-state index contributed by atoms with van der Waals surface area (Å²) in [6, 6.07) is 0. The molecule has 5 heteroatoms. The molecular formula is C8H20N2O2S. The third-order valence-corrected chi connectivity index (χ3v) is 3.94. The van der Waals surface area contributed by atoms with E-state index in [0.29, 0.717) is 13.0 Å². The van der Waals surface area contributed by atoms with Gasteiger partial charge in [-0.3, -0.25) is 0 Å². The second kappa shape index (κ2) is 6.34. The fourth-order valence-electron chi connectivity index (χ4n) is 0.909. The first-order valence-electron chi connectivity index (χ1n) is 4.69. The quantitative estimate of drug-likeness (QED) is 0.611. The van der Waals surface area contributed by atoms with Crippen molar-refractivity contribution in [1.82, 2.24) is 9.62 Å². The van der Waals surface area contributed by atoms with E-state index < -0.39 is 10.0 Å². The van der Waals surface area contributed by atoms with Crippen LogP contribution in [0.3, 0.4) is 0 Å². The SMILES string of the molecule is CCNCCCS(=O)(=O)N(C)CC. The summed E-state index contributed by atoms with van der Waals surface area (Å²) in [5, 5.41) is 3.09. The van der Waals surface area contributed by atoms with Gasteiger partial charge in [0.25, 0.3) is 0 Å². The van der Waals surface area contributed by atoms with Crippen LogP contribution >= 0.6 is 0 Å². The van der Waals surface area contributed by atoms with Crippen LogP contribution in [0.1, 0.15) is 20.3 Å². The molecule has 0 aromatic rings. The van der Waals surface area contributed by atoms with Gasteiger partial charge in [-0.2, -0.15) is 0 Å². The van der Waals surface area contributed by atoms with E-state index in [2.05, 4.69) is 5.32 Å². The first-order chi connectivity index (χ1) is 6.04. The second-order valence-electron chi connectivity index (χ2n) is 2.94. The predicted octanol–water partition coefficient (Wildman–Crippen LogP) is 0.268. The zero-order chi connectivity index (χ0) is 10.3. The second-order valence-corrected chi connectivity index (χ2v) is 5.13. The molecule has 0 aliphatic heterocycles. The molecule has 0 unspecified atom stereocenters. The van der Waals surface area contributed by atoms with E-state index in [0.717, 1.165) is 13.1 Å². The van der Waals surface area contributed by atoms with Gasteiger partial charge in [-0.15, -0.1) is 0 Å². The monoisotopic (exact) mass is 208 g/mol. The van der Waals surface area contributed by atoms with Crippen molar-refractivity contribution in [2.45, 2.75) is 20.3 Å². The van der Waals surface area contributed by atoms with Crippen LogP contribution < -0.4 is 5.32 Å². The number of hydrogen-bond donors (Lipinski definition) is 1. The predicted molar refractivity (Wildman–Crippen MR) is 55.3 cm³/mol. The highest BCUT2D eigenvalue weighted by Gasteiger charge is 2.14. The van der Waals surface area contributed by atoms with Crippen LogP contribution in [0.2, 0.25) is 0 Å². The van der Waals surface area contributed by atoms with Gasteiger partial charge in [0.15, 0.2) is 0 Å². The Kier molecular flexibility index (Phi) is 6.28. The van der Waals surface area contributed by atoms with Gasteiger partial charge >= 0.3 is 0 Å². The zero-order valence-corrected chi connectivity index (χ0v) is 9.52. The molecule has 0 amide bonds. The van der Waals surface area contributed by atoms with E-state index in [4.69, 9.17) is 0 Å². The van der Waals surface area contributed by atoms with Crippen LogP contribution in [0.25, 0.3) is 0 Å². The van der Waals surface area contributed by atoms with Crippen LogP contribution in [-0.4, -0.2) is 45.2 Å². The molecule has 0 radical (unpaired) electrons. The lowest BCUT2D eigenvalue weighted by atomic mass is 10.5. The maximum absolute atomic E-state index is 11.4. The molecule has 0 bridgehead atoms. The minimum absolute atomic E-state index is 0.240. The van der Waals surface area contributed by atoms with E-state index in [1.54, 1.807) is 7.05 Å². The maximum atomic E-state index is 11.4. The number of nitrogens with zero attached hydrogens (tertiary/aromatic N) is 1. The molecule has 0 aliphatic carbocycles. The van der Waals surface area contributed by atoms with E-state index in [-0.39, 0.29) is 5.75 Å². The third kappa shape index (κ3) is 5.23. The molecule has 0 saturated carbocycles. The molecule has 0 atom stereocenters. The Morgan fingerprint density at radius 3 is 2.38 bits per heavy atom. The first kappa shape index (κ1) is 12.9. The maximum Gasteiger partial charge on any atom is 0.213 e. The average molecular weight is 208 g/mol. The lowest BCUT2D eigenvalue weighted by Gasteiger charge is -2.14. The van der Waals surface area contributed by atoms with Gasteiger partial charge in [0.2, 0.25) is 10.0 Å². The van der Waals surface area contributed by atoms with Gasteiger partial charge in [-0.25, -0.2) is 12.7 Å². The summed E-state index contributed by atoms with van der Waals surface area (Å²) in [4.78, 5) is 0. The van der Waals surface area contributed by atoms with Crippen molar-refractivity contribution in [1.29, 1.82) is 0 Å². The summed E-state index contributed by atoms with van der Waals surface area (Å²) in [6.07, 6.45) is 0.681. The molecule has 0 spiro atoms. The summed E-state index contributed by atoms with van der Waals surface area (Å²) >= 11 is 0. The van der Waals surface area contributed by atoms with E-state index in [1.165, 1.54) is 4.31 Å². The molecule has 0 aliphatic rings. The van der Waals surface area contributed by atoms with Crippen LogP contribution in [0.5, 0.6) is 0 Å². The minimum atomic E-state index is -3.00. The lowest BCUT2D eigenvalue weighted by molar-refractivity contribution is 0.483. The van der Waals surface area contributed by atoms with Gasteiger partial charge in [-0.1, -0.05) is 13.8 Å². The lowest BCUT2D eigenvalue weighted by Crippen LogP contribution is -2.30. The Bertz CT molecular complexity index is 214. The Morgan fingerprint density at radius 1 is 1.31 bits per heavy atom. The molecular weight excluding hydrogens is 188 g/mol. The summed E-state index contributed by atoms with van der Waals surface area (Å²) < 4.78 is 24.2. The van der Waals surface area contributed by atoms with Crippen molar-refractivity contribution in [2.75, 3.05) is 32.4 Å². The molecule has 0 saturated heterocycles. The standard InChI is InChI=1S/C8H20N2O2S/c1-4-9-7-6-8-13(11,12)10(3)5-2/h9H,4-8H2,1-3H3.